The number of para-hydroxylation sites is 3. The zero-order chi connectivity index (χ0) is 32.7. The Hall–Kier alpha value is -6.52. The predicted molar refractivity (Wildman–Crippen MR) is 204 cm³/mol. The Kier molecular flexibility index (Phi) is 6.98. The zero-order valence-electron chi connectivity index (χ0n) is 27.0. The molecule has 2 heterocycles. The van der Waals surface area contributed by atoms with Crippen molar-refractivity contribution in [3.63, 3.8) is 0 Å². The molecule has 0 amide bonds. The van der Waals surface area contributed by atoms with Crippen LogP contribution < -0.4 is 4.90 Å². The molecule has 0 aliphatic carbocycles. The summed E-state index contributed by atoms with van der Waals surface area (Å²) in [5, 5.41) is 2.44. The molecule has 9 aromatic rings. The Labute approximate surface area is 285 Å². The molecular weight excluding hydrogens is 597 g/mol. The fraction of sp³-hybridized carbons (Fsp3) is 0.0222. The van der Waals surface area contributed by atoms with Crippen molar-refractivity contribution in [1.82, 2.24) is 14.5 Å². The molecule has 0 radical (unpaired) electrons. The third-order valence-corrected chi connectivity index (χ3v) is 9.21. The number of fused-ring (bicyclic) bond motifs is 4. The average Bonchev–Trinajstić information content (AvgIpc) is 3.50. The summed E-state index contributed by atoms with van der Waals surface area (Å²) in [6, 6.07) is 61.9. The van der Waals surface area contributed by atoms with Crippen molar-refractivity contribution in [2.75, 3.05) is 4.90 Å². The highest BCUT2D eigenvalue weighted by molar-refractivity contribution is 6.10. The third kappa shape index (κ3) is 5.11. The van der Waals surface area contributed by atoms with Gasteiger partial charge in [-0.05, 0) is 85.3 Å². The van der Waals surface area contributed by atoms with E-state index in [2.05, 4.69) is 186 Å². The summed E-state index contributed by atoms with van der Waals surface area (Å²) in [5.41, 5.74) is 13.5. The molecule has 4 nitrogen and oxygen atoms in total. The van der Waals surface area contributed by atoms with Gasteiger partial charge in [-0.3, -0.25) is 0 Å². The molecule has 0 unspecified atom stereocenters. The van der Waals surface area contributed by atoms with Gasteiger partial charge >= 0.3 is 0 Å². The normalized spacial score (nSPS) is 11.4. The van der Waals surface area contributed by atoms with Crippen LogP contribution in [0.2, 0.25) is 0 Å². The second-order valence-corrected chi connectivity index (χ2v) is 12.4. The summed E-state index contributed by atoms with van der Waals surface area (Å²) in [4.78, 5) is 12.6. The Morgan fingerprint density at radius 2 is 1.00 bits per heavy atom. The van der Waals surface area contributed by atoms with Crippen LogP contribution in [0.25, 0.3) is 61.0 Å². The third-order valence-electron chi connectivity index (χ3n) is 9.21. The molecular formula is C45H32N4. The van der Waals surface area contributed by atoms with Gasteiger partial charge in [0.05, 0.1) is 33.5 Å². The Morgan fingerprint density at radius 3 is 1.76 bits per heavy atom. The number of hydrogen-bond acceptors (Lipinski definition) is 3. The molecule has 0 aliphatic heterocycles. The van der Waals surface area contributed by atoms with Gasteiger partial charge in [0.1, 0.15) is 0 Å². The number of anilines is 3. The van der Waals surface area contributed by atoms with Gasteiger partial charge in [0.2, 0.25) is 0 Å². The summed E-state index contributed by atoms with van der Waals surface area (Å²) >= 11 is 0. The summed E-state index contributed by atoms with van der Waals surface area (Å²) in [6.07, 6.45) is 0. The van der Waals surface area contributed by atoms with E-state index in [0.717, 1.165) is 61.9 Å². The number of benzene rings is 7. The lowest BCUT2D eigenvalue weighted by molar-refractivity contribution is 1.18. The lowest BCUT2D eigenvalue weighted by Gasteiger charge is -2.26. The van der Waals surface area contributed by atoms with Crippen LogP contribution in [0.1, 0.15) is 5.56 Å². The molecule has 4 heteroatoms. The van der Waals surface area contributed by atoms with E-state index in [1.165, 1.54) is 21.8 Å². The predicted octanol–water partition coefficient (Wildman–Crippen LogP) is 11.8. The van der Waals surface area contributed by atoms with E-state index in [4.69, 9.17) is 9.97 Å². The van der Waals surface area contributed by atoms with Crippen molar-refractivity contribution in [1.29, 1.82) is 0 Å². The standard InChI is InChI=1S/C45H32N4/c1-31-21-27-40-41(29-31)47-45(44(46-40)32-13-5-2-6-14-32)33-22-24-36(25-23-33)48(34-15-7-3-8-16-34)37-26-28-43-39(30-37)38-19-11-12-20-42(38)49(43)35-17-9-4-10-18-35/h2-30H,1H3. The van der Waals surface area contributed by atoms with Crippen molar-refractivity contribution in [3.8, 4) is 28.2 Å². The molecule has 0 saturated carbocycles. The monoisotopic (exact) mass is 628 g/mol. The quantitative estimate of drug-likeness (QED) is 0.184. The minimum absolute atomic E-state index is 0.872. The number of hydrogen-bond donors (Lipinski definition) is 0. The van der Waals surface area contributed by atoms with Crippen LogP contribution in [0.5, 0.6) is 0 Å². The van der Waals surface area contributed by atoms with Gasteiger partial charge in [-0.15, -0.1) is 0 Å². The highest BCUT2D eigenvalue weighted by Gasteiger charge is 2.19. The molecule has 7 aromatic carbocycles. The lowest BCUT2D eigenvalue weighted by atomic mass is 10.0. The Morgan fingerprint density at radius 1 is 0.429 bits per heavy atom. The molecule has 0 bridgehead atoms. The van der Waals surface area contributed by atoms with E-state index in [-0.39, 0.29) is 0 Å². The largest absolute Gasteiger partial charge is 0.310 e. The van der Waals surface area contributed by atoms with Gasteiger partial charge in [0, 0.05) is 44.6 Å². The van der Waals surface area contributed by atoms with Gasteiger partial charge in [-0.25, -0.2) is 9.97 Å². The van der Waals surface area contributed by atoms with Gasteiger partial charge in [-0.1, -0.05) is 103 Å². The first-order valence-corrected chi connectivity index (χ1v) is 16.6. The maximum Gasteiger partial charge on any atom is 0.0973 e. The van der Waals surface area contributed by atoms with E-state index in [1.807, 2.05) is 6.07 Å². The van der Waals surface area contributed by atoms with E-state index in [9.17, 15) is 0 Å². The molecule has 49 heavy (non-hydrogen) atoms. The van der Waals surface area contributed by atoms with Gasteiger partial charge < -0.3 is 9.47 Å². The average molecular weight is 629 g/mol. The lowest BCUT2D eigenvalue weighted by Crippen LogP contribution is -2.09. The molecule has 0 spiro atoms. The Bertz CT molecular complexity index is 2590. The van der Waals surface area contributed by atoms with Crippen LogP contribution >= 0.6 is 0 Å². The molecule has 0 atom stereocenters. The first-order valence-electron chi connectivity index (χ1n) is 16.6. The van der Waals surface area contributed by atoms with E-state index in [1.54, 1.807) is 0 Å². The second-order valence-electron chi connectivity index (χ2n) is 12.4. The van der Waals surface area contributed by atoms with Gasteiger partial charge in [0.25, 0.3) is 0 Å². The minimum Gasteiger partial charge on any atom is -0.310 e. The summed E-state index contributed by atoms with van der Waals surface area (Å²) < 4.78 is 2.35. The first-order chi connectivity index (χ1) is 24.2. The van der Waals surface area contributed by atoms with Crippen molar-refractivity contribution < 1.29 is 0 Å². The first kappa shape index (κ1) is 28.7. The van der Waals surface area contributed by atoms with Gasteiger partial charge in [0.15, 0.2) is 0 Å². The second kappa shape index (κ2) is 11.9. The van der Waals surface area contributed by atoms with E-state index >= 15 is 0 Å². The van der Waals surface area contributed by atoms with Crippen molar-refractivity contribution in [2.45, 2.75) is 6.92 Å². The highest BCUT2D eigenvalue weighted by atomic mass is 15.1. The summed E-state index contributed by atoms with van der Waals surface area (Å²) in [5.74, 6) is 0. The molecule has 0 aliphatic rings. The van der Waals surface area contributed by atoms with E-state index < -0.39 is 0 Å². The maximum absolute atomic E-state index is 5.19. The van der Waals surface area contributed by atoms with Gasteiger partial charge in [-0.2, -0.15) is 0 Å². The van der Waals surface area contributed by atoms with Crippen LogP contribution in [0.15, 0.2) is 176 Å². The smallest absolute Gasteiger partial charge is 0.0973 e. The van der Waals surface area contributed by atoms with Crippen LogP contribution in [-0.4, -0.2) is 14.5 Å². The molecule has 2 aromatic heterocycles. The number of aryl methyl sites for hydroxylation is 1. The van der Waals surface area contributed by atoms with Crippen molar-refractivity contribution >= 4 is 49.9 Å². The van der Waals surface area contributed by atoms with Crippen molar-refractivity contribution in [2.24, 2.45) is 0 Å². The topological polar surface area (TPSA) is 34.0 Å². The number of nitrogens with zero attached hydrogens (tertiary/aromatic N) is 4. The van der Waals surface area contributed by atoms with Crippen LogP contribution in [0, 0.1) is 6.92 Å². The minimum atomic E-state index is 0.872. The zero-order valence-corrected chi connectivity index (χ0v) is 27.0. The molecule has 0 saturated heterocycles. The fourth-order valence-corrected chi connectivity index (χ4v) is 6.91. The summed E-state index contributed by atoms with van der Waals surface area (Å²) in [6.45, 7) is 2.09. The Balaban J connectivity index is 1.19. The number of aromatic nitrogens is 3. The molecule has 0 fully saturated rings. The SMILES string of the molecule is Cc1ccc2nc(-c3ccccc3)c(-c3ccc(N(c4ccccc4)c4ccc5c(c4)c4ccccc4n5-c4ccccc4)cc3)nc2c1. The molecule has 9 rings (SSSR count). The summed E-state index contributed by atoms with van der Waals surface area (Å²) in [7, 11) is 0. The van der Waals surface area contributed by atoms with E-state index in [0.29, 0.717) is 0 Å². The molecule has 0 N–H and O–H groups in total. The van der Waals surface area contributed by atoms with Crippen LogP contribution in [-0.2, 0) is 0 Å². The van der Waals surface area contributed by atoms with Crippen LogP contribution in [0.4, 0.5) is 17.1 Å². The molecule has 232 valence electrons. The highest BCUT2D eigenvalue weighted by Crippen LogP contribution is 2.40. The van der Waals surface area contributed by atoms with Crippen LogP contribution in [0.3, 0.4) is 0 Å². The van der Waals surface area contributed by atoms with Crippen molar-refractivity contribution in [3.05, 3.63) is 181 Å². The fourth-order valence-electron chi connectivity index (χ4n) is 6.91. The number of rotatable bonds is 6. The maximum atomic E-state index is 5.19.